The van der Waals surface area contributed by atoms with Gasteiger partial charge in [0.2, 0.25) is 0 Å². The lowest BCUT2D eigenvalue weighted by atomic mass is 10.1. The van der Waals surface area contributed by atoms with Crippen LogP contribution in [-0.2, 0) is 0 Å². The number of amides is 1. The van der Waals surface area contributed by atoms with Gasteiger partial charge in [0.15, 0.2) is 0 Å². The van der Waals surface area contributed by atoms with Crippen LogP contribution in [0.25, 0.3) is 0 Å². The number of anilines is 2. The summed E-state index contributed by atoms with van der Waals surface area (Å²) >= 11 is 0. The molecule has 0 unspecified atom stereocenters. The van der Waals surface area contributed by atoms with Gasteiger partial charge in [0.05, 0.1) is 17.9 Å². The number of hydrogen-bond donors (Lipinski definition) is 2. The molecular weight excluding hydrogens is 264 g/mol. The Labute approximate surface area is 125 Å². The van der Waals surface area contributed by atoms with Crippen LogP contribution in [0.4, 0.5) is 11.4 Å². The van der Waals surface area contributed by atoms with Gasteiger partial charge >= 0.3 is 0 Å². The van der Waals surface area contributed by atoms with Crippen LogP contribution in [0.3, 0.4) is 0 Å². The molecule has 4 nitrogen and oxygen atoms in total. The van der Waals surface area contributed by atoms with E-state index in [4.69, 9.17) is 4.74 Å². The van der Waals surface area contributed by atoms with Crippen molar-refractivity contribution in [3.63, 3.8) is 0 Å². The van der Waals surface area contributed by atoms with E-state index < -0.39 is 0 Å². The van der Waals surface area contributed by atoms with Crippen LogP contribution >= 0.6 is 0 Å². The molecule has 21 heavy (non-hydrogen) atoms. The molecule has 0 bridgehead atoms. The Morgan fingerprint density at radius 2 is 1.90 bits per heavy atom. The Balaban J connectivity index is 2.27. The van der Waals surface area contributed by atoms with Crippen molar-refractivity contribution in [1.29, 1.82) is 0 Å². The van der Waals surface area contributed by atoms with Gasteiger partial charge in [-0.15, -0.1) is 0 Å². The molecule has 0 heterocycles. The summed E-state index contributed by atoms with van der Waals surface area (Å²) in [4.78, 5) is 12.4. The second kappa shape index (κ2) is 6.79. The van der Waals surface area contributed by atoms with E-state index in [-0.39, 0.29) is 5.91 Å². The maximum Gasteiger partial charge on any atom is 0.257 e. The third-order valence-corrected chi connectivity index (χ3v) is 3.13. The fourth-order valence-electron chi connectivity index (χ4n) is 2.10. The Bertz CT molecular complexity index is 638. The summed E-state index contributed by atoms with van der Waals surface area (Å²) in [5.41, 5.74) is 3.16. The summed E-state index contributed by atoms with van der Waals surface area (Å²) < 4.78 is 5.58. The monoisotopic (exact) mass is 284 g/mol. The molecule has 2 rings (SSSR count). The molecule has 0 aliphatic rings. The van der Waals surface area contributed by atoms with Gasteiger partial charge in [-0.2, -0.15) is 0 Å². The van der Waals surface area contributed by atoms with E-state index in [0.29, 0.717) is 23.6 Å². The van der Waals surface area contributed by atoms with Gasteiger partial charge in [0.1, 0.15) is 5.75 Å². The molecule has 0 aliphatic carbocycles. The van der Waals surface area contributed by atoms with Crippen LogP contribution in [0.2, 0.25) is 0 Å². The zero-order valence-electron chi connectivity index (χ0n) is 12.6. The van der Waals surface area contributed by atoms with Crippen molar-refractivity contribution in [2.75, 3.05) is 24.3 Å². The number of benzene rings is 2. The highest BCUT2D eigenvalue weighted by molar-refractivity contribution is 6.08. The Kier molecular flexibility index (Phi) is 4.82. The minimum Gasteiger partial charge on any atom is -0.492 e. The second-order valence-electron chi connectivity index (χ2n) is 4.68. The lowest BCUT2D eigenvalue weighted by Crippen LogP contribution is -2.14. The molecule has 0 aromatic heterocycles. The summed E-state index contributed by atoms with van der Waals surface area (Å²) in [7, 11) is 1.80. The minimum absolute atomic E-state index is 0.162. The molecular formula is C17H20N2O2. The smallest absolute Gasteiger partial charge is 0.257 e. The first-order valence-corrected chi connectivity index (χ1v) is 6.97. The molecule has 2 aromatic rings. The van der Waals surface area contributed by atoms with E-state index in [1.807, 2.05) is 50.2 Å². The second-order valence-corrected chi connectivity index (χ2v) is 4.68. The van der Waals surface area contributed by atoms with Crippen LogP contribution in [0.15, 0.2) is 42.5 Å². The number of nitrogens with one attached hydrogen (secondary N) is 2. The van der Waals surface area contributed by atoms with Crippen LogP contribution in [-0.4, -0.2) is 19.6 Å². The maximum atomic E-state index is 12.4. The number of aryl methyl sites for hydroxylation is 1. The molecule has 4 heteroatoms. The summed E-state index contributed by atoms with van der Waals surface area (Å²) in [5, 5.41) is 5.93. The minimum atomic E-state index is -0.162. The highest BCUT2D eigenvalue weighted by Crippen LogP contribution is 2.27. The van der Waals surface area contributed by atoms with Crippen molar-refractivity contribution in [2.45, 2.75) is 13.8 Å². The van der Waals surface area contributed by atoms with E-state index in [1.165, 1.54) is 0 Å². The molecule has 1 amide bonds. The van der Waals surface area contributed by atoms with Gasteiger partial charge in [-0.1, -0.05) is 18.2 Å². The molecule has 0 spiro atoms. The first kappa shape index (κ1) is 14.9. The van der Waals surface area contributed by atoms with Gasteiger partial charge in [-0.25, -0.2) is 0 Å². The first-order chi connectivity index (χ1) is 10.2. The average Bonchev–Trinajstić information content (AvgIpc) is 2.50. The normalized spacial score (nSPS) is 10.0. The molecule has 110 valence electrons. The van der Waals surface area contributed by atoms with Crippen molar-refractivity contribution < 1.29 is 9.53 Å². The van der Waals surface area contributed by atoms with E-state index in [1.54, 1.807) is 13.1 Å². The summed E-state index contributed by atoms with van der Waals surface area (Å²) in [6, 6.07) is 13.1. The summed E-state index contributed by atoms with van der Waals surface area (Å²) in [6.45, 7) is 4.47. The Morgan fingerprint density at radius 3 is 2.62 bits per heavy atom. The summed E-state index contributed by atoms with van der Waals surface area (Å²) in [6.07, 6.45) is 0. The van der Waals surface area contributed by atoms with Crippen molar-refractivity contribution in [3.8, 4) is 5.75 Å². The van der Waals surface area contributed by atoms with Crippen molar-refractivity contribution in [1.82, 2.24) is 0 Å². The van der Waals surface area contributed by atoms with Gasteiger partial charge < -0.3 is 15.4 Å². The van der Waals surface area contributed by atoms with Crippen LogP contribution in [0.5, 0.6) is 5.75 Å². The number of hydrogen-bond acceptors (Lipinski definition) is 3. The molecule has 0 fully saturated rings. The number of carbonyl (C=O) groups is 1. The van der Waals surface area contributed by atoms with Crippen molar-refractivity contribution in [2.24, 2.45) is 0 Å². The molecule has 0 radical (unpaired) electrons. The predicted octanol–water partition coefficient (Wildman–Crippen LogP) is 3.69. The van der Waals surface area contributed by atoms with Crippen LogP contribution < -0.4 is 15.4 Å². The Hall–Kier alpha value is -2.49. The first-order valence-electron chi connectivity index (χ1n) is 6.97. The molecule has 0 saturated heterocycles. The predicted molar refractivity (Wildman–Crippen MR) is 86.3 cm³/mol. The molecule has 2 N–H and O–H groups in total. The average molecular weight is 284 g/mol. The largest absolute Gasteiger partial charge is 0.492 e. The topological polar surface area (TPSA) is 50.4 Å². The van der Waals surface area contributed by atoms with Crippen LogP contribution in [0, 0.1) is 6.92 Å². The van der Waals surface area contributed by atoms with Gasteiger partial charge in [0.25, 0.3) is 5.91 Å². The third kappa shape index (κ3) is 3.54. The highest BCUT2D eigenvalue weighted by Gasteiger charge is 2.13. The Morgan fingerprint density at radius 1 is 1.14 bits per heavy atom. The zero-order valence-corrected chi connectivity index (χ0v) is 12.6. The molecule has 2 aromatic carbocycles. The third-order valence-electron chi connectivity index (χ3n) is 3.13. The number of para-hydroxylation sites is 1. The van der Waals surface area contributed by atoms with E-state index in [9.17, 15) is 4.79 Å². The quantitative estimate of drug-likeness (QED) is 0.880. The van der Waals surface area contributed by atoms with E-state index in [0.717, 1.165) is 11.3 Å². The van der Waals surface area contributed by atoms with Gasteiger partial charge in [-0.05, 0) is 43.7 Å². The fourth-order valence-corrected chi connectivity index (χ4v) is 2.10. The fraction of sp³-hybridized carbons (Fsp3) is 0.235. The number of ether oxygens (including phenoxy) is 1. The van der Waals surface area contributed by atoms with Gasteiger partial charge in [-0.3, -0.25) is 4.79 Å². The lowest BCUT2D eigenvalue weighted by molar-refractivity contribution is 0.102. The van der Waals surface area contributed by atoms with E-state index in [2.05, 4.69) is 10.6 Å². The van der Waals surface area contributed by atoms with Crippen molar-refractivity contribution >= 4 is 17.3 Å². The number of carbonyl (C=O) groups excluding carboxylic acids is 1. The zero-order chi connectivity index (χ0) is 15.2. The van der Waals surface area contributed by atoms with Gasteiger partial charge in [0, 0.05) is 12.7 Å². The maximum absolute atomic E-state index is 12.4. The molecule has 0 saturated carbocycles. The van der Waals surface area contributed by atoms with Crippen LogP contribution in [0.1, 0.15) is 22.8 Å². The standard InChI is InChI=1S/C17H20N2O2/c1-4-21-16-11-12(2)9-10-15(16)19-17(20)13-7-5-6-8-14(13)18-3/h5-11,18H,4H2,1-3H3,(H,19,20). The van der Waals surface area contributed by atoms with E-state index >= 15 is 0 Å². The molecule has 0 aliphatic heterocycles. The lowest BCUT2D eigenvalue weighted by Gasteiger charge is -2.14. The summed E-state index contributed by atoms with van der Waals surface area (Å²) in [5.74, 6) is 0.526. The molecule has 0 atom stereocenters. The highest BCUT2D eigenvalue weighted by atomic mass is 16.5. The SMILES string of the molecule is CCOc1cc(C)ccc1NC(=O)c1ccccc1NC. The number of rotatable bonds is 5. The van der Waals surface area contributed by atoms with Crippen molar-refractivity contribution in [3.05, 3.63) is 53.6 Å².